The van der Waals surface area contributed by atoms with Crippen LogP contribution in [0.2, 0.25) is 0 Å². The molecular formula is C30H32N4O2. The van der Waals surface area contributed by atoms with Crippen LogP contribution in [0.5, 0.6) is 5.75 Å². The highest BCUT2D eigenvalue weighted by Gasteiger charge is 2.20. The second-order valence-electron chi connectivity index (χ2n) is 9.51. The van der Waals surface area contributed by atoms with Crippen LogP contribution in [0.25, 0.3) is 10.9 Å². The number of hydrogen-bond acceptors (Lipinski definition) is 5. The zero-order valence-corrected chi connectivity index (χ0v) is 20.7. The smallest absolute Gasteiger partial charge is 0.257 e. The zero-order valence-electron chi connectivity index (χ0n) is 20.7. The number of nitrogens with one attached hydrogen (secondary N) is 1. The molecule has 184 valence electrons. The molecule has 1 N–H and O–H groups in total. The lowest BCUT2D eigenvalue weighted by atomic mass is 9.90. The van der Waals surface area contributed by atoms with Gasteiger partial charge in [0.1, 0.15) is 12.4 Å². The standard InChI is InChI=1S/C30H32N4O2/c1-22-10-11-27-28(32-22)8-3-9-29(27)36-18-17-34-15-12-23(13-16-34)19-24-5-2-7-26(20-24)33-30(35)25-6-4-14-31-21-25/h2-11,14,20-21,23H,12-13,15-19H2,1H3,(H,33,35). The molecule has 1 saturated heterocycles. The highest BCUT2D eigenvalue weighted by Crippen LogP contribution is 2.26. The van der Waals surface area contributed by atoms with Crippen molar-refractivity contribution in [3.8, 4) is 5.75 Å². The molecule has 6 heteroatoms. The predicted molar refractivity (Wildman–Crippen MR) is 143 cm³/mol. The van der Waals surface area contributed by atoms with E-state index in [1.807, 2.05) is 43.3 Å². The Labute approximate surface area is 212 Å². The molecule has 0 unspecified atom stereocenters. The molecule has 0 atom stereocenters. The number of carbonyl (C=O) groups excluding carboxylic acids is 1. The van der Waals surface area contributed by atoms with Crippen LogP contribution in [0.1, 0.15) is 34.5 Å². The second kappa shape index (κ2) is 11.3. The van der Waals surface area contributed by atoms with Crippen molar-refractivity contribution in [2.45, 2.75) is 26.2 Å². The Hall–Kier alpha value is -3.77. The highest BCUT2D eigenvalue weighted by atomic mass is 16.5. The first kappa shape index (κ1) is 23.9. The van der Waals surface area contributed by atoms with Crippen LogP contribution in [0.15, 0.2) is 79.1 Å². The highest BCUT2D eigenvalue weighted by molar-refractivity contribution is 6.04. The molecule has 0 radical (unpaired) electrons. The third kappa shape index (κ3) is 6.07. The first-order chi connectivity index (χ1) is 17.6. The minimum absolute atomic E-state index is 0.134. The number of aryl methyl sites for hydroxylation is 1. The van der Waals surface area contributed by atoms with E-state index in [0.717, 1.165) is 54.1 Å². The number of benzene rings is 2. The summed E-state index contributed by atoms with van der Waals surface area (Å²) in [6.07, 6.45) is 6.62. The molecule has 4 aromatic rings. The van der Waals surface area contributed by atoms with Gasteiger partial charge in [0.25, 0.3) is 5.91 Å². The summed E-state index contributed by atoms with van der Waals surface area (Å²) < 4.78 is 6.14. The van der Waals surface area contributed by atoms with Gasteiger partial charge in [0, 0.05) is 35.7 Å². The number of amides is 1. The van der Waals surface area contributed by atoms with E-state index in [2.05, 4.69) is 38.4 Å². The second-order valence-corrected chi connectivity index (χ2v) is 9.51. The number of aromatic nitrogens is 2. The van der Waals surface area contributed by atoms with E-state index in [4.69, 9.17) is 4.74 Å². The third-order valence-electron chi connectivity index (χ3n) is 6.84. The topological polar surface area (TPSA) is 67.3 Å². The molecule has 0 spiro atoms. The van der Waals surface area contributed by atoms with Crippen LogP contribution < -0.4 is 10.1 Å². The molecule has 2 aromatic carbocycles. The summed E-state index contributed by atoms with van der Waals surface area (Å²) in [6.45, 7) is 5.78. The number of likely N-dealkylation sites (tertiary alicyclic amines) is 1. The summed E-state index contributed by atoms with van der Waals surface area (Å²) in [7, 11) is 0. The van der Waals surface area contributed by atoms with Crippen LogP contribution in [0.3, 0.4) is 0 Å². The molecule has 0 saturated carbocycles. The molecule has 1 aliphatic rings. The lowest BCUT2D eigenvalue weighted by Gasteiger charge is -2.32. The Balaban J connectivity index is 1.08. The van der Waals surface area contributed by atoms with Gasteiger partial charge in [0.2, 0.25) is 0 Å². The molecule has 3 heterocycles. The Morgan fingerprint density at radius 1 is 1.06 bits per heavy atom. The fraction of sp³-hybridized carbons (Fsp3) is 0.300. The fourth-order valence-corrected chi connectivity index (χ4v) is 4.86. The monoisotopic (exact) mass is 480 g/mol. The van der Waals surface area contributed by atoms with Crippen molar-refractivity contribution in [1.29, 1.82) is 0 Å². The summed E-state index contributed by atoms with van der Waals surface area (Å²) in [4.78, 5) is 23.5. The molecule has 6 nitrogen and oxygen atoms in total. The van der Waals surface area contributed by atoms with E-state index in [-0.39, 0.29) is 5.91 Å². The largest absolute Gasteiger partial charge is 0.492 e. The maximum Gasteiger partial charge on any atom is 0.257 e. The average molecular weight is 481 g/mol. The minimum atomic E-state index is -0.134. The fourth-order valence-electron chi connectivity index (χ4n) is 4.86. The van der Waals surface area contributed by atoms with E-state index >= 15 is 0 Å². The van der Waals surface area contributed by atoms with E-state index in [9.17, 15) is 4.79 Å². The van der Waals surface area contributed by atoms with Crippen molar-refractivity contribution >= 4 is 22.5 Å². The van der Waals surface area contributed by atoms with Crippen molar-refractivity contribution in [2.75, 3.05) is 31.6 Å². The van der Waals surface area contributed by atoms with Gasteiger partial charge in [0.05, 0.1) is 11.1 Å². The van der Waals surface area contributed by atoms with E-state index in [0.29, 0.717) is 18.1 Å². The summed E-state index contributed by atoms with van der Waals surface area (Å²) in [6, 6.07) is 21.9. The number of piperidine rings is 1. The van der Waals surface area contributed by atoms with Crippen molar-refractivity contribution in [3.05, 3.63) is 95.9 Å². The van der Waals surface area contributed by atoms with Crippen LogP contribution >= 0.6 is 0 Å². The summed E-state index contributed by atoms with van der Waals surface area (Å²) in [5, 5.41) is 4.06. The normalized spacial score (nSPS) is 14.6. The molecule has 0 bridgehead atoms. The van der Waals surface area contributed by atoms with Gasteiger partial charge in [-0.05, 0) is 99.3 Å². The lowest BCUT2D eigenvalue weighted by Crippen LogP contribution is -2.37. The van der Waals surface area contributed by atoms with Gasteiger partial charge in [-0.1, -0.05) is 18.2 Å². The maximum atomic E-state index is 12.4. The number of carbonyl (C=O) groups is 1. The Morgan fingerprint density at radius 3 is 2.75 bits per heavy atom. The Bertz CT molecular complexity index is 1320. The number of nitrogens with zero attached hydrogens (tertiary/aromatic N) is 3. The van der Waals surface area contributed by atoms with Crippen molar-refractivity contribution < 1.29 is 9.53 Å². The Morgan fingerprint density at radius 2 is 1.92 bits per heavy atom. The maximum absolute atomic E-state index is 12.4. The molecule has 5 rings (SSSR count). The first-order valence-electron chi connectivity index (χ1n) is 12.7. The first-order valence-corrected chi connectivity index (χ1v) is 12.7. The SMILES string of the molecule is Cc1ccc2c(OCCN3CCC(Cc4cccc(NC(=O)c5cccnc5)c4)CC3)cccc2n1. The van der Waals surface area contributed by atoms with Crippen molar-refractivity contribution in [2.24, 2.45) is 5.92 Å². The van der Waals surface area contributed by atoms with E-state index in [1.54, 1.807) is 24.5 Å². The minimum Gasteiger partial charge on any atom is -0.492 e. The number of anilines is 1. The van der Waals surface area contributed by atoms with Crippen LogP contribution in [-0.4, -0.2) is 47.0 Å². The quantitative estimate of drug-likeness (QED) is 0.359. The summed E-state index contributed by atoms with van der Waals surface area (Å²) in [5.41, 5.74) is 4.65. The zero-order chi connectivity index (χ0) is 24.7. The molecule has 36 heavy (non-hydrogen) atoms. The van der Waals surface area contributed by atoms with Gasteiger partial charge >= 0.3 is 0 Å². The molecule has 2 aromatic heterocycles. The summed E-state index contributed by atoms with van der Waals surface area (Å²) in [5.74, 6) is 1.43. The molecular weight excluding hydrogens is 448 g/mol. The van der Waals surface area contributed by atoms with E-state index in [1.165, 1.54) is 18.4 Å². The predicted octanol–water partition coefficient (Wildman–Crippen LogP) is 5.52. The van der Waals surface area contributed by atoms with Gasteiger partial charge < -0.3 is 10.1 Å². The number of ether oxygens (including phenoxy) is 1. The number of hydrogen-bond donors (Lipinski definition) is 1. The van der Waals surface area contributed by atoms with Gasteiger partial charge in [-0.15, -0.1) is 0 Å². The van der Waals surface area contributed by atoms with Crippen molar-refractivity contribution in [3.63, 3.8) is 0 Å². The molecule has 1 amide bonds. The average Bonchev–Trinajstić information content (AvgIpc) is 2.90. The molecule has 0 aliphatic carbocycles. The number of pyridine rings is 2. The van der Waals surface area contributed by atoms with Crippen molar-refractivity contribution in [1.82, 2.24) is 14.9 Å². The van der Waals surface area contributed by atoms with Gasteiger partial charge in [-0.3, -0.25) is 19.7 Å². The van der Waals surface area contributed by atoms with Gasteiger partial charge in [-0.25, -0.2) is 0 Å². The Kier molecular flexibility index (Phi) is 7.52. The summed E-state index contributed by atoms with van der Waals surface area (Å²) >= 11 is 0. The van der Waals surface area contributed by atoms with Crippen LogP contribution in [-0.2, 0) is 6.42 Å². The third-order valence-corrected chi connectivity index (χ3v) is 6.84. The number of fused-ring (bicyclic) bond motifs is 1. The van der Waals surface area contributed by atoms with Gasteiger partial charge in [-0.2, -0.15) is 0 Å². The number of rotatable bonds is 8. The van der Waals surface area contributed by atoms with Gasteiger partial charge in [0.15, 0.2) is 0 Å². The van der Waals surface area contributed by atoms with Crippen LogP contribution in [0.4, 0.5) is 5.69 Å². The molecule has 1 fully saturated rings. The van der Waals surface area contributed by atoms with Crippen LogP contribution in [0, 0.1) is 12.8 Å². The lowest BCUT2D eigenvalue weighted by molar-refractivity contribution is 0.102. The molecule has 1 aliphatic heterocycles. The van der Waals surface area contributed by atoms with E-state index < -0.39 is 0 Å².